The Morgan fingerprint density at radius 2 is 1.73 bits per heavy atom. The molecule has 0 aliphatic carbocycles. The van der Waals surface area contributed by atoms with Gasteiger partial charge in [-0.3, -0.25) is 4.79 Å². The van der Waals surface area contributed by atoms with E-state index in [1.807, 2.05) is 30.3 Å². The molecule has 0 spiro atoms. The van der Waals surface area contributed by atoms with E-state index >= 15 is 0 Å². The Hall–Kier alpha value is -1.45. The largest absolute Gasteiger partial charge is 0.355 e. The van der Waals surface area contributed by atoms with Crippen LogP contribution < -0.4 is 5.32 Å². The first-order chi connectivity index (χ1) is 12.2. The molecule has 0 aliphatic rings. The first-order valence-corrected chi connectivity index (χ1v) is 12.0. The molecule has 1 N–H and O–H groups in total. The summed E-state index contributed by atoms with van der Waals surface area (Å²) in [6.45, 7) is 2.08. The van der Waals surface area contributed by atoms with Crippen LogP contribution in [0.1, 0.15) is 25.3 Å². The Labute approximate surface area is 156 Å². The topological polar surface area (TPSA) is 101 Å². The number of amides is 1. The molecule has 0 heterocycles. The fourth-order valence-electron chi connectivity index (χ4n) is 2.35. The Morgan fingerprint density at radius 3 is 2.35 bits per heavy atom. The molecule has 7 nitrogen and oxygen atoms in total. The molecular weight excluding hydrogens is 376 g/mol. The summed E-state index contributed by atoms with van der Waals surface area (Å²) in [6.07, 6.45) is 1.55. The Balaban J connectivity index is 2.26. The van der Waals surface area contributed by atoms with Crippen LogP contribution in [-0.2, 0) is 31.1 Å². The summed E-state index contributed by atoms with van der Waals surface area (Å²) in [4.78, 5) is 11.8. The average Bonchev–Trinajstić information content (AvgIpc) is 2.58. The molecule has 0 aromatic heterocycles. The zero-order valence-corrected chi connectivity index (χ0v) is 17.0. The molecule has 0 bridgehead atoms. The fourth-order valence-corrected chi connectivity index (χ4v) is 4.43. The van der Waals surface area contributed by atoms with Crippen molar-refractivity contribution in [2.45, 2.75) is 26.2 Å². The van der Waals surface area contributed by atoms with Crippen LogP contribution >= 0.6 is 0 Å². The predicted octanol–water partition coefficient (Wildman–Crippen LogP) is 0.822. The van der Waals surface area contributed by atoms with Crippen molar-refractivity contribution in [3.05, 3.63) is 35.9 Å². The summed E-state index contributed by atoms with van der Waals surface area (Å²) < 4.78 is 48.4. The zero-order chi connectivity index (χ0) is 19.6. The SMILES string of the molecule is CCS(=O)(=O)N(C)CCCNC(=O)CS(=O)(=O)CCCc1ccccc1. The lowest BCUT2D eigenvalue weighted by Gasteiger charge is -2.15. The van der Waals surface area contributed by atoms with Crippen LogP contribution in [0.5, 0.6) is 0 Å². The highest BCUT2D eigenvalue weighted by molar-refractivity contribution is 7.92. The summed E-state index contributed by atoms with van der Waals surface area (Å²) in [5, 5.41) is 2.53. The van der Waals surface area contributed by atoms with E-state index < -0.39 is 31.5 Å². The van der Waals surface area contributed by atoms with Crippen LogP contribution in [0.25, 0.3) is 0 Å². The van der Waals surface area contributed by atoms with Crippen molar-refractivity contribution < 1.29 is 21.6 Å². The molecule has 0 radical (unpaired) electrons. The minimum atomic E-state index is -3.45. The molecule has 0 unspecified atom stereocenters. The van der Waals surface area contributed by atoms with Gasteiger partial charge in [-0.05, 0) is 31.7 Å². The lowest BCUT2D eigenvalue weighted by atomic mass is 10.1. The number of nitrogens with one attached hydrogen (secondary N) is 1. The van der Waals surface area contributed by atoms with Crippen molar-refractivity contribution >= 4 is 25.8 Å². The van der Waals surface area contributed by atoms with E-state index in [1.54, 1.807) is 6.92 Å². The van der Waals surface area contributed by atoms with Crippen molar-refractivity contribution in [1.82, 2.24) is 9.62 Å². The van der Waals surface area contributed by atoms with E-state index in [0.717, 1.165) is 5.56 Å². The fraction of sp³-hybridized carbons (Fsp3) is 0.588. The van der Waals surface area contributed by atoms with Crippen LogP contribution in [0.15, 0.2) is 30.3 Å². The van der Waals surface area contributed by atoms with Gasteiger partial charge in [-0.25, -0.2) is 21.1 Å². The van der Waals surface area contributed by atoms with Gasteiger partial charge in [-0.2, -0.15) is 0 Å². The third-order valence-corrected chi connectivity index (χ3v) is 7.40. The van der Waals surface area contributed by atoms with Crippen molar-refractivity contribution in [2.24, 2.45) is 0 Å². The second-order valence-electron chi connectivity index (χ2n) is 6.11. The van der Waals surface area contributed by atoms with Crippen LogP contribution in [-0.4, -0.2) is 64.4 Å². The summed E-state index contributed by atoms with van der Waals surface area (Å²) in [7, 11) is -5.20. The number of hydrogen-bond donors (Lipinski definition) is 1. The smallest absolute Gasteiger partial charge is 0.235 e. The van der Waals surface area contributed by atoms with Gasteiger partial charge >= 0.3 is 0 Å². The standard InChI is InChI=1S/C17H28N2O5S2/c1-3-26(23,24)19(2)13-8-12-18-17(20)15-25(21,22)14-7-11-16-9-5-4-6-10-16/h4-6,9-10H,3,7-8,11-15H2,1-2H3,(H,18,20). The number of aryl methyl sites for hydroxylation is 1. The van der Waals surface area contributed by atoms with Gasteiger partial charge in [0.1, 0.15) is 5.75 Å². The van der Waals surface area contributed by atoms with Gasteiger partial charge in [-0.15, -0.1) is 0 Å². The van der Waals surface area contributed by atoms with Crippen molar-refractivity contribution in [3.8, 4) is 0 Å². The minimum absolute atomic E-state index is 0.0249. The van der Waals surface area contributed by atoms with Gasteiger partial charge in [0.25, 0.3) is 0 Å². The monoisotopic (exact) mass is 404 g/mol. The molecule has 0 aliphatic heterocycles. The minimum Gasteiger partial charge on any atom is -0.355 e. The maximum absolute atomic E-state index is 12.0. The van der Waals surface area contributed by atoms with E-state index in [0.29, 0.717) is 19.3 Å². The predicted molar refractivity (Wildman–Crippen MR) is 103 cm³/mol. The van der Waals surface area contributed by atoms with Crippen LogP contribution in [0.3, 0.4) is 0 Å². The highest BCUT2D eigenvalue weighted by Crippen LogP contribution is 2.04. The normalized spacial score (nSPS) is 12.3. The lowest BCUT2D eigenvalue weighted by Crippen LogP contribution is -2.35. The first kappa shape index (κ1) is 22.6. The highest BCUT2D eigenvalue weighted by Gasteiger charge is 2.17. The molecule has 1 aromatic carbocycles. The van der Waals surface area contributed by atoms with E-state index in [2.05, 4.69) is 5.32 Å². The first-order valence-electron chi connectivity index (χ1n) is 8.61. The molecule has 148 valence electrons. The van der Waals surface area contributed by atoms with E-state index in [1.165, 1.54) is 11.4 Å². The number of nitrogens with zero attached hydrogens (tertiary/aromatic N) is 1. The summed E-state index contributed by atoms with van der Waals surface area (Å²) >= 11 is 0. The van der Waals surface area contributed by atoms with Crippen LogP contribution in [0.4, 0.5) is 0 Å². The summed E-state index contributed by atoms with van der Waals surface area (Å²) in [5.74, 6) is -1.10. The van der Waals surface area contributed by atoms with E-state index in [9.17, 15) is 21.6 Å². The molecule has 0 fully saturated rings. The molecule has 1 amide bonds. The van der Waals surface area contributed by atoms with Crippen molar-refractivity contribution in [2.75, 3.05) is 37.4 Å². The third-order valence-electron chi connectivity index (χ3n) is 3.93. The molecule has 26 heavy (non-hydrogen) atoms. The maximum atomic E-state index is 12.0. The van der Waals surface area contributed by atoms with E-state index in [-0.39, 0.29) is 24.6 Å². The highest BCUT2D eigenvalue weighted by atomic mass is 32.2. The number of carbonyl (C=O) groups is 1. The Morgan fingerprint density at radius 1 is 1.08 bits per heavy atom. The van der Waals surface area contributed by atoms with Gasteiger partial charge in [-0.1, -0.05) is 30.3 Å². The van der Waals surface area contributed by atoms with Gasteiger partial charge in [0.2, 0.25) is 15.9 Å². The number of carbonyl (C=O) groups excluding carboxylic acids is 1. The molecular formula is C17H28N2O5S2. The second-order valence-corrected chi connectivity index (χ2v) is 10.7. The number of benzene rings is 1. The van der Waals surface area contributed by atoms with Gasteiger partial charge in [0, 0.05) is 20.1 Å². The molecule has 0 saturated carbocycles. The Bertz CT molecular complexity index is 762. The molecule has 1 aromatic rings. The number of sulfonamides is 1. The van der Waals surface area contributed by atoms with Crippen LogP contribution in [0.2, 0.25) is 0 Å². The van der Waals surface area contributed by atoms with Crippen molar-refractivity contribution in [1.29, 1.82) is 0 Å². The maximum Gasteiger partial charge on any atom is 0.235 e. The number of hydrogen-bond acceptors (Lipinski definition) is 5. The molecule has 0 atom stereocenters. The van der Waals surface area contributed by atoms with Gasteiger partial charge in [0.05, 0.1) is 11.5 Å². The quantitative estimate of drug-likeness (QED) is 0.520. The number of sulfone groups is 1. The van der Waals surface area contributed by atoms with Crippen molar-refractivity contribution in [3.63, 3.8) is 0 Å². The summed E-state index contributed by atoms with van der Waals surface area (Å²) in [6, 6.07) is 9.59. The Kier molecular flexibility index (Phi) is 9.24. The molecule has 9 heteroatoms. The zero-order valence-electron chi connectivity index (χ0n) is 15.3. The van der Waals surface area contributed by atoms with E-state index in [4.69, 9.17) is 0 Å². The van der Waals surface area contributed by atoms with Crippen LogP contribution in [0, 0.1) is 0 Å². The van der Waals surface area contributed by atoms with Gasteiger partial charge in [0.15, 0.2) is 9.84 Å². The average molecular weight is 405 g/mol. The molecule has 0 saturated heterocycles. The van der Waals surface area contributed by atoms with Gasteiger partial charge < -0.3 is 5.32 Å². The summed E-state index contributed by atoms with van der Waals surface area (Å²) in [5.41, 5.74) is 1.07. The molecule has 1 rings (SSSR count). The third kappa shape index (κ3) is 8.77. The second kappa shape index (κ2) is 10.6. The number of rotatable bonds is 12. The lowest BCUT2D eigenvalue weighted by molar-refractivity contribution is -0.118.